The van der Waals surface area contributed by atoms with Crippen LogP contribution < -0.4 is 5.32 Å². The second-order valence-corrected chi connectivity index (χ2v) is 8.45. The third-order valence-electron chi connectivity index (χ3n) is 4.55. The Kier molecular flexibility index (Phi) is 6.05. The van der Waals surface area contributed by atoms with Crippen molar-refractivity contribution in [1.82, 2.24) is 19.4 Å². The Hall–Kier alpha value is -1.12. The van der Waals surface area contributed by atoms with E-state index in [9.17, 15) is 13.2 Å². The summed E-state index contributed by atoms with van der Waals surface area (Å²) < 4.78 is 24.7. The number of likely N-dealkylation sites (N-methyl/N-ethyl adjacent to an activating group) is 1. The first-order valence-electron chi connectivity index (χ1n) is 8.15. The van der Waals surface area contributed by atoms with Gasteiger partial charge in [0.15, 0.2) is 0 Å². The lowest BCUT2D eigenvalue weighted by atomic mass is 10.0. The van der Waals surface area contributed by atoms with Gasteiger partial charge in [-0.1, -0.05) is 6.08 Å². The van der Waals surface area contributed by atoms with E-state index in [0.717, 1.165) is 19.5 Å². The molecule has 1 atom stereocenters. The average molecular weight is 344 g/mol. The fraction of sp³-hybridized carbons (Fsp3) is 0.800. The Labute approximate surface area is 139 Å². The van der Waals surface area contributed by atoms with E-state index in [1.807, 2.05) is 6.92 Å². The van der Waals surface area contributed by atoms with E-state index in [-0.39, 0.29) is 12.1 Å². The van der Waals surface area contributed by atoms with Crippen LogP contribution in [0.3, 0.4) is 0 Å². The van der Waals surface area contributed by atoms with E-state index in [2.05, 4.69) is 23.3 Å². The minimum Gasteiger partial charge on any atom is -0.332 e. The monoisotopic (exact) mass is 344 g/mol. The van der Waals surface area contributed by atoms with Gasteiger partial charge in [-0.3, -0.25) is 0 Å². The quantitative estimate of drug-likeness (QED) is 0.748. The second-order valence-electron chi connectivity index (χ2n) is 6.47. The number of nitrogens with zero attached hydrogens (tertiary/aromatic N) is 3. The van der Waals surface area contributed by atoms with Crippen molar-refractivity contribution in [1.29, 1.82) is 0 Å². The SMILES string of the molecule is C[C@@H](NC(=O)N1CCCN(S(C)(=O)=O)CC1)C1=CCN(C)CC1. The number of sulfonamides is 1. The maximum atomic E-state index is 12.4. The van der Waals surface area contributed by atoms with Gasteiger partial charge >= 0.3 is 6.03 Å². The van der Waals surface area contributed by atoms with Crippen molar-refractivity contribution in [2.75, 3.05) is 52.6 Å². The summed E-state index contributed by atoms with van der Waals surface area (Å²) in [5, 5.41) is 3.05. The van der Waals surface area contributed by atoms with Crippen LogP contribution in [0.5, 0.6) is 0 Å². The zero-order valence-electron chi connectivity index (χ0n) is 14.3. The van der Waals surface area contributed by atoms with E-state index < -0.39 is 10.0 Å². The molecule has 0 unspecified atom stereocenters. The van der Waals surface area contributed by atoms with Gasteiger partial charge in [0.05, 0.1) is 6.26 Å². The van der Waals surface area contributed by atoms with Crippen LogP contribution in [0.25, 0.3) is 0 Å². The van der Waals surface area contributed by atoms with Crippen LogP contribution in [-0.2, 0) is 10.0 Å². The Bertz CT molecular complexity index is 561. The first-order valence-corrected chi connectivity index (χ1v) is 10.00. The Morgan fingerprint density at radius 3 is 2.57 bits per heavy atom. The number of carbonyl (C=O) groups excluding carboxylic acids is 1. The van der Waals surface area contributed by atoms with Gasteiger partial charge in [0, 0.05) is 45.3 Å². The fourth-order valence-corrected chi connectivity index (χ4v) is 3.85. The topological polar surface area (TPSA) is 73.0 Å². The molecule has 2 rings (SSSR count). The maximum absolute atomic E-state index is 12.4. The fourth-order valence-electron chi connectivity index (χ4n) is 2.98. The number of rotatable bonds is 3. The molecule has 0 aromatic carbocycles. The lowest BCUT2D eigenvalue weighted by Crippen LogP contribution is -2.46. The minimum atomic E-state index is -3.18. The molecular formula is C15H28N4O3S. The highest BCUT2D eigenvalue weighted by molar-refractivity contribution is 7.88. The average Bonchev–Trinajstić information content (AvgIpc) is 2.73. The number of carbonyl (C=O) groups is 1. The van der Waals surface area contributed by atoms with Gasteiger partial charge in [0.25, 0.3) is 0 Å². The van der Waals surface area contributed by atoms with Crippen LogP contribution in [0.2, 0.25) is 0 Å². The summed E-state index contributed by atoms with van der Waals surface area (Å²) in [6, 6.07) is -0.0851. The van der Waals surface area contributed by atoms with Gasteiger partial charge in [-0.25, -0.2) is 17.5 Å². The van der Waals surface area contributed by atoms with E-state index in [4.69, 9.17) is 0 Å². The molecule has 0 aromatic rings. The third kappa shape index (κ3) is 5.19. The number of nitrogens with one attached hydrogen (secondary N) is 1. The first-order chi connectivity index (χ1) is 10.8. The molecule has 0 aliphatic carbocycles. The zero-order valence-corrected chi connectivity index (χ0v) is 15.1. The van der Waals surface area contributed by atoms with Crippen LogP contribution in [-0.4, -0.2) is 87.2 Å². The molecular weight excluding hydrogens is 316 g/mol. The van der Waals surface area contributed by atoms with Gasteiger partial charge in [0.2, 0.25) is 10.0 Å². The van der Waals surface area contributed by atoms with Gasteiger partial charge in [0.1, 0.15) is 0 Å². The van der Waals surface area contributed by atoms with Crippen molar-refractivity contribution in [2.45, 2.75) is 25.8 Å². The number of hydrogen-bond donors (Lipinski definition) is 1. The smallest absolute Gasteiger partial charge is 0.317 e. The molecule has 7 nitrogen and oxygen atoms in total. The maximum Gasteiger partial charge on any atom is 0.317 e. The molecule has 8 heteroatoms. The van der Waals surface area contributed by atoms with E-state index in [1.54, 1.807) is 4.90 Å². The third-order valence-corrected chi connectivity index (χ3v) is 5.86. The summed E-state index contributed by atoms with van der Waals surface area (Å²) >= 11 is 0. The molecule has 2 amide bonds. The van der Waals surface area contributed by atoms with Gasteiger partial charge in [-0.15, -0.1) is 0 Å². The molecule has 1 saturated heterocycles. The number of urea groups is 1. The molecule has 0 bridgehead atoms. The summed E-state index contributed by atoms with van der Waals surface area (Å²) in [4.78, 5) is 16.4. The normalized spacial score (nSPS) is 23.1. The van der Waals surface area contributed by atoms with Crippen molar-refractivity contribution in [3.63, 3.8) is 0 Å². The molecule has 23 heavy (non-hydrogen) atoms. The number of hydrogen-bond acceptors (Lipinski definition) is 4. The van der Waals surface area contributed by atoms with Crippen LogP contribution in [0.4, 0.5) is 4.79 Å². The first kappa shape index (κ1) is 18.2. The lowest BCUT2D eigenvalue weighted by molar-refractivity contribution is 0.198. The highest BCUT2D eigenvalue weighted by Gasteiger charge is 2.25. The molecule has 1 N–H and O–H groups in total. The van der Waals surface area contributed by atoms with Crippen molar-refractivity contribution in [3.05, 3.63) is 11.6 Å². The molecule has 0 spiro atoms. The zero-order chi connectivity index (χ0) is 17.0. The van der Waals surface area contributed by atoms with Crippen molar-refractivity contribution >= 4 is 16.1 Å². The molecule has 2 aliphatic heterocycles. The largest absolute Gasteiger partial charge is 0.332 e. The molecule has 0 saturated carbocycles. The summed E-state index contributed by atoms with van der Waals surface area (Å²) in [5.41, 5.74) is 1.27. The lowest BCUT2D eigenvalue weighted by Gasteiger charge is -2.28. The van der Waals surface area contributed by atoms with Crippen molar-refractivity contribution in [2.24, 2.45) is 0 Å². The Balaban J connectivity index is 1.88. The van der Waals surface area contributed by atoms with E-state index in [1.165, 1.54) is 16.1 Å². The minimum absolute atomic E-state index is 0.0189. The molecule has 2 heterocycles. The summed E-state index contributed by atoms with van der Waals surface area (Å²) in [6.07, 6.45) is 5.04. The van der Waals surface area contributed by atoms with Crippen LogP contribution in [0, 0.1) is 0 Å². The van der Waals surface area contributed by atoms with Crippen LogP contribution >= 0.6 is 0 Å². The van der Waals surface area contributed by atoms with Crippen molar-refractivity contribution < 1.29 is 13.2 Å². The Morgan fingerprint density at radius 2 is 1.96 bits per heavy atom. The molecule has 132 valence electrons. The summed E-state index contributed by atoms with van der Waals surface area (Å²) in [6.45, 7) is 5.82. The Morgan fingerprint density at radius 1 is 1.22 bits per heavy atom. The van der Waals surface area contributed by atoms with Crippen LogP contribution in [0.1, 0.15) is 19.8 Å². The van der Waals surface area contributed by atoms with Gasteiger partial charge in [-0.2, -0.15) is 0 Å². The molecule has 0 aromatic heterocycles. The van der Waals surface area contributed by atoms with Gasteiger partial charge in [-0.05, 0) is 32.4 Å². The van der Waals surface area contributed by atoms with Crippen LogP contribution in [0.15, 0.2) is 11.6 Å². The van der Waals surface area contributed by atoms with E-state index >= 15 is 0 Å². The second kappa shape index (κ2) is 7.63. The molecule has 2 aliphatic rings. The predicted molar refractivity (Wildman–Crippen MR) is 90.8 cm³/mol. The van der Waals surface area contributed by atoms with E-state index in [0.29, 0.717) is 32.6 Å². The number of amides is 2. The highest BCUT2D eigenvalue weighted by Crippen LogP contribution is 2.14. The summed E-state index contributed by atoms with van der Waals surface area (Å²) in [7, 11) is -1.10. The van der Waals surface area contributed by atoms with Crippen molar-refractivity contribution in [3.8, 4) is 0 Å². The predicted octanol–water partition coefficient (Wildman–Crippen LogP) is 0.314. The summed E-state index contributed by atoms with van der Waals surface area (Å²) in [5.74, 6) is 0. The molecule has 0 radical (unpaired) electrons. The molecule has 1 fully saturated rings. The standard InChI is InChI=1S/C15H28N4O3S/c1-13(14-5-9-17(2)10-6-14)16-15(20)18-7-4-8-19(12-11-18)23(3,21)22/h5,13H,4,6-12H2,1-3H3,(H,16,20)/t13-/m1/s1. The highest BCUT2D eigenvalue weighted by atomic mass is 32.2. The van der Waals surface area contributed by atoms with Gasteiger partial charge < -0.3 is 15.1 Å².